The minimum Gasteiger partial charge on any atom is -0.481 e. The van der Waals surface area contributed by atoms with Gasteiger partial charge < -0.3 is 10.4 Å². The molecule has 0 bridgehead atoms. The van der Waals surface area contributed by atoms with Crippen molar-refractivity contribution in [1.82, 2.24) is 5.32 Å². The predicted octanol–water partition coefficient (Wildman–Crippen LogP) is 2.36. The highest BCUT2D eigenvalue weighted by Crippen LogP contribution is 1.99. The zero-order valence-corrected chi connectivity index (χ0v) is 10.4. The van der Waals surface area contributed by atoms with Crippen molar-refractivity contribution in [2.75, 3.05) is 25.1 Å². The number of thioether (sulfide) groups is 1. The molecule has 3 nitrogen and oxygen atoms in total. The second-order valence-corrected chi connectivity index (χ2v) is 4.64. The summed E-state index contributed by atoms with van der Waals surface area (Å²) in [5.74, 6) is 0.570. The van der Waals surface area contributed by atoms with E-state index >= 15 is 0 Å². The summed E-state index contributed by atoms with van der Waals surface area (Å²) in [4.78, 5) is 10.2. The third kappa shape index (κ3) is 13.8. The molecular weight excluding hydrogens is 210 g/mol. The molecule has 0 saturated carbocycles. The van der Waals surface area contributed by atoms with Crippen molar-refractivity contribution in [3.05, 3.63) is 0 Å². The summed E-state index contributed by atoms with van der Waals surface area (Å²) in [6.45, 7) is 2.12. The van der Waals surface area contributed by atoms with E-state index in [2.05, 4.69) is 11.6 Å². The smallest absolute Gasteiger partial charge is 0.303 e. The molecule has 0 amide bonds. The molecule has 0 fully saturated rings. The number of hydrogen-bond donors (Lipinski definition) is 2. The Hall–Kier alpha value is -0.220. The maximum Gasteiger partial charge on any atom is 0.303 e. The summed E-state index contributed by atoms with van der Waals surface area (Å²) in [6, 6.07) is 0. The molecule has 0 spiro atoms. The lowest BCUT2D eigenvalue weighted by atomic mass is 10.2. The van der Waals surface area contributed by atoms with Gasteiger partial charge in [-0.25, -0.2) is 0 Å². The Morgan fingerprint density at radius 3 is 2.40 bits per heavy atom. The number of carboxylic acid groups (broad SMARTS) is 1. The van der Waals surface area contributed by atoms with Crippen molar-refractivity contribution in [2.24, 2.45) is 0 Å². The molecule has 0 rings (SSSR count). The topological polar surface area (TPSA) is 49.3 Å². The molecule has 0 aromatic rings. The fraction of sp³-hybridized carbons (Fsp3) is 0.909. The first kappa shape index (κ1) is 14.8. The minimum absolute atomic E-state index is 0.313. The molecule has 2 N–H and O–H groups in total. The maximum absolute atomic E-state index is 10.2. The highest BCUT2D eigenvalue weighted by molar-refractivity contribution is 7.98. The van der Waals surface area contributed by atoms with Crippen molar-refractivity contribution >= 4 is 17.7 Å². The molecule has 0 atom stereocenters. The number of unbranched alkanes of at least 4 members (excludes halogenated alkanes) is 3. The van der Waals surface area contributed by atoms with Crippen LogP contribution in [0.1, 0.15) is 38.5 Å². The van der Waals surface area contributed by atoms with E-state index in [-0.39, 0.29) is 0 Å². The Kier molecular flexibility index (Phi) is 11.7. The Balaban J connectivity index is 2.89. The molecule has 4 heteroatoms. The summed E-state index contributed by atoms with van der Waals surface area (Å²) in [7, 11) is 0. The number of nitrogens with one attached hydrogen (secondary N) is 1. The molecule has 0 aliphatic carbocycles. The van der Waals surface area contributed by atoms with Gasteiger partial charge in [0, 0.05) is 6.42 Å². The van der Waals surface area contributed by atoms with Gasteiger partial charge in [-0.15, -0.1) is 0 Å². The van der Waals surface area contributed by atoms with Gasteiger partial charge in [-0.2, -0.15) is 11.8 Å². The largest absolute Gasteiger partial charge is 0.481 e. The summed E-state index contributed by atoms with van der Waals surface area (Å²) >= 11 is 1.90. The fourth-order valence-electron chi connectivity index (χ4n) is 1.32. The van der Waals surface area contributed by atoms with Gasteiger partial charge in [-0.3, -0.25) is 4.79 Å². The Labute approximate surface area is 97.0 Å². The second kappa shape index (κ2) is 11.9. The number of carbonyl (C=O) groups is 1. The maximum atomic E-state index is 10.2. The standard InChI is InChI=1S/C11H23NO2S/c1-15-10-6-5-9-12-8-4-2-3-7-11(13)14/h12H,2-10H2,1H3,(H,13,14). The minimum atomic E-state index is -0.681. The number of hydrogen-bond acceptors (Lipinski definition) is 3. The molecule has 90 valence electrons. The molecule has 0 aliphatic rings. The van der Waals surface area contributed by atoms with Crippen LogP contribution in [0.2, 0.25) is 0 Å². The van der Waals surface area contributed by atoms with Gasteiger partial charge in [-0.1, -0.05) is 6.42 Å². The first-order valence-corrected chi connectivity index (χ1v) is 7.08. The zero-order valence-electron chi connectivity index (χ0n) is 9.63. The SMILES string of the molecule is CSCCCCNCCCCCC(=O)O. The van der Waals surface area contributed by atoms with Crippen LogP contribution in [-0.4, -0.2) is 36.2 Å². The van der Waals surface area contributed by atoms with E-state index in [9.17, 15) is 4.79 Å². The van der Waals surface area contributed by atoms with E-state index in [1.807, 2.05) is 11.8 Å². The molecule has 0 radical (unpaired) electrons. The molecule has 0 aliphatic heterocycles. The number of aliphatic carboxylic acids is 1. The van der Waals surface area contributed by atoms with Crippen molar-refractivity contribution in [1.29, 1.82) is 0 Å². The van der Waals surface area contributed by atoms with Gasteiger partial charge in [0.05, 0.1) is 0 Å². The van der Waals surface area contributed by atoms with Gasteiger partial charge in [-0.05, 0) is 50.8 Å². The van der Waals surface area contributed by atoms with Crippen LogP contribution in [0.4, 0.5) is 0 Å². The van der Waals surface area contributed by atoms with Crippen LogP contribution >= 0.6 is 11.8 Å². The van der Waals surface area contributed by atoms with Gasteiger partial charge in [0.2, 0.25) is 0 Å². The Bertz CT molecular complexity index is 154. The van der Waals surface area contributed by atoms with Crippen LogP contribution in [0.15, 0.2) is 0 Å². The van der Waals surface area contributed by atoms with E-state index in [0.717, 1.165) is 32.4 Å². The summed E-state index contributed by atoms with van der Waals surface area (Å²) in [6.07, 6.45) is 7.90. The summed E-state index contributed by atoms with van der Waals surface area (Å²) in [5, 5.41) is 11.8. The van der Waals surface area contributed by atoms with Crippen molar-refractivity contribution in [2.45, 2.75) is 38.5 Å². The lowest BCUT2D eigenvalue weighted by Crippen LogP contribution is -2.16. The average molecular weight is 233 g/mol. The zero-order chi connectivity index (χ0) is 11.4. The Morgan fingerprint density at radius 2 is 1.80 bits per heavy atom. The van der Waals surface area contributed by atoms with Crippen LogP contribution in [0, 0.1) is 0 Å². The Morgan fingerprint density at radius 1 is 1.13 bits per heavy atom. The van der Waals surface area contributed by atoms with Crippen molar-refractivity contribution < 1.29 is 9.90 Å². The van der Waals surface area contributed by atoms with Crippen LogP contribution < -0.4 is 5.32 Å². The first-order valence-electron chi connectivity index (χ1n) is 5.69. The van der Waals surface area contributed by atoms with Crippen molar-refractivity contribution in [3.63, 3.8) is 0 Å². The molecule has 0 aromatic heterocycles. The third-order valence-electron chi connectivity index (χ3n) is 2.20. The lowest BCUT2D eigenvalue weighted by Gasteiger charge is -2.03. The summed E-state index contributed by atoms with van der Waals surface area (Å²) in [5.41, 5.74) is 0. The average Bonchev–Trinajstić information content (AvgIpc) is 2.20. The van der Waals surface area contributed by atoms with Gasteiger partial charge in [0.25, 0.3) is 0 Å². The van der Waals surface area contributed by atoms with E-state index < -0.39 is 5.97 Å². The van der Waals surface area contributed by atoms with Gasteiger partial charge in [0.15, 0.2) is 0 Å². The number of carboxylic acids is 1. The van der Waals surface area contributed by atoms with Crippen LogP contribution in [-0.2, 0) is 4.79 Å². The van der Waals surface area contributed by atoms with Crippen LogP contribution in [0.5, 0.6) is 0 Å². The van der Waals surface area contributed by atoms with Crippen molar-refractivity contribution in [3.8, 4) is 0 Å². The molecule has 0 heterocycles. The van der Waals surface area contributed by atoms with E-state index in [0.29, 0.717) is 6.42 Å². The second-order valence-electron chi connectivity index (χ2n) is 3.65. The lowest BCUT2D eigenvalue weighted by molar-refractivity contribution is -0.137. The fourth-order valence-corrected chi connectivity index (χ4v) is 1.82. The highest BCUT2D eigenvalue weighted by Gasteiger charge is 1.95. The monoisotopic (exact) mass is 233 g/mol. The molecular formula is C11H23NO2S. The predicted molar refractivity (Wildman–Crippen MR) is 66.6 cm³/mol. The summed E-state index contributed by atoms with van der Waals surface area (Å²) < 4.78 is 0. The molecule has 0 unspecified atom stereocenters. The molecule has 0 saturated heterocycles. The molecule has 0 aromatic carbocycles. The normalized spacial score (nSPS) is 10.5. The number of rotatable bonds is 11. The molecule has 15 heavy (non-hydrogen) atoms. The van der Waals surface area contributed by atoms with Crippen LogP contribution in [0.3, 0.4) is 0 Å². The van der Waals surface area contributed by atoms with Gasteiger partial charge in [0.1, 0.15) is 0 Å². The van der Waals surface area contributed by atoms with Gasteiger partial charge >= 0.3 is 5.97 Å². The highest BCUT2D eigenvalue weighted by atomic mass is 32.2. The third-order valence-corrected chi connectivity index (χ3v) is 2.89. The first-order chi connectivity index (χ1) is 7.27. The quantitative estimate of drug-likeness (QED) is 0.538. The van der Waals surface area contributed by atoms with E-state index in [1.165, 1.54) is 18.6 Å². The van der Waals surface area contributed by atoms with Crippen LogP contribution in [0.25, 0.3) is 0 Å². The van der Waals surface area contributed by atoms with E-state index in [4.69, 9.17) is 5.11 Å². The van der Waals surface area contributed by atoms with E-state index in [1.54, 1.807) is 0 Å².